The van der Waals surface area contributed by atoms with Crippen LogP contribution in [0.1, 0.15) is 10.4 Å². The first-order valence-corrected chi connectivity index (χ1v) is 7.74. The molecule has 4 rings (SSSR count). The third-order valence-electron chi connectivity index (χ3n) is 3.86. The van der Waals surface area contributed by atoms with Crippen molar-refractivity contribution >= 4 is 28.5 Å². The van der Waals surface area contributed by atoms with Crippen molar-refractivity contribution in [2.75, 3.05) is 0 Å². The first-order valence-electron chi connectivity index (χ1n) is 7.36. The highest BCUT2D eigenvalue weighted by molar-refractivity contribution is 6.30. The molecular weight excluding hydrogens is 342 g/mol. The molecule has 2 aromatic heterocycles. The Morgan fingerprint density at radius 1 is 1.16 bits per heavy atom. The van der Waals surface area contributed by atoms with E-state index < -0.39 is 5.91 Å². The molecule has 0 bridgehead atoms. The molecule has 0 fully saturated rings. The predicted octanol–water partition coefficient (Wildman–Crippen LogP) is 3.08. The number of aromatic nitrogens is 4. The molecule has 0 saturated heterocycles. The number of benzene rings is 2. The Bertz CT molecular complexity index is 1100. The lowest BCUT2D eigenvalue weighted by molar-refractivity contribution is 0.100. The van der Waals surface area contributed by atoms with E-state index in [1.165, 1.54) is 0 Å². The number of hydrogen-bond acceptors (Lipinski definition) is 4. The zero-order valence-electron chi connectivity index (χ0n) is 12.7. The number of nitrogens with one attached hydrogen (secondary N) is 2. The summed E-state index contributed by atoms with van der Waals surface area (Å²) >= 11 is 5.88. The summed E-state index contributed by atoms with van der Waals surface area (Å²) in [6.07, 6.45) is 0. The molecule has 124 valence electrons. The van der Waals surface area contributed by atoms with Crippen LogP contribution in [0.25, 0.3) is 33.8 Å². The topological polar surface area (TPSA) is 121 Å². The van der Waals surface area contributed by atoms with E-state index in [0.29, 0.717) is 38.8 Å². The number of aromatic amines is 2. The van der Waals surface area contributed by atoms with E-state index in [2.05, 4.69) is 20.2 Å². The number of H-pyrrole nitrogens is 2. The molecule has 0 aliphatic heterocycles. The molecule has 0 atom stereocenters. The van der Waals surface area contributed by atoms with Crippen LogP contribution in [-0.2, 0) is 0 Å². The number of carbonyl (C=O) groups is 1. The Kier molecular flexibility index (Phi) is 3.43. The molecule has 5 N–H and O–H groups in total. The molecule has 0 saturated carbocycles. The number of fused-ring (bicyclic) bond motifs is 1. The van der Waals surface area contributed by atoms with Crippen molar-refractivity contribution in [2.45, 2.75) is 0 Å². The summed E-state index contributed by atoms with van der Waals surface area (Å²) in [6.45, 7) is 0. The van der Waals surface area contributed by atoms with Crippen LogP contribution in [0.5, 0.6) is 5.75 Å². The zero-order valence-corrected chi connectivity index (χ0v) is 13.5. The molecule has 0 unspecified atom stereocenters. The second kappa shape index (κ2) is 5.64. The lowest BCUT2D eigenvalue weighted by Gasteiger charge is -1.98. The number of imidazole rings is 1. The Hall–Kier alpha value is -3.32. The molecule has 2 heterocycles. The van der Waals surface area contributed by atoms with Gasteiger partial charge in [-0.3, -0.25) is 9.89 Å². The molecule has 0 aliphatic carbocycles. The largest absolute Gasteiger partial charge is 0.504 e. The van der Waals surface area contributed by atoms with Gasteiger partial charge in [0.25, 0.3) is 0 Å². The summed E-state index contributed by atoms with van der Waals surface area (Å²) in [5.74, 6) is -0.147. The maximum absolute atomic E-state index is 11.3. The van der Waals surface area contributed by atoms with Crippen LogP contribution in [0.2, 0.25) is 5.02 Å². The SMILES string of the molecule is NC(=O)c1ccc2nc(-c3[nH]nc(-c4ccc(Cl)cc4)c3O)[nH]c2c1. The average Bonchev–Trinajstić information content (AvgIpc) is 3.18. The lowest BCUT2D eigenvalue weighted by Crippen LogP contribution is -2.10. The first-order chi connectivity index (χ1) is 12.0. The fourth-order valence-electron chi connectivity index (χ4n) is 2.59. The van der Waals surface area contributed by atoms with Gasteiger partial charge in [0, 0.05) is 16.1 Å². The third-order valence-corrected chi connectivity index (χ3v) is 4.11. The van der Waals surface area contributed by atoms with Gasteiger partial charge in [-0.2, -0.15) is 5.10 Å². The van der Waals surface area contributed by atoms with Crippen molar-refractivity contribution in [3.8, 4) is 28.5 Å². The number of rotatable bonds is 3. The normalized spacial score (nSPS) is 11.1. The summed E-state index contributed by atoms with van der Waals surface area (Å²) in [5.41, 5.74) is 8.39. The molecule has 0 aliphatic rings. The number of aromatic hydroxyl groups is 1. The van der Waals surface area contributed by atoms with Crippen molar-refractivity contribution in [1.82, 2.24) is 20.2 Å². The monoisotopic (exact) mass is 353 g/mol. The standard InChI is InChI=1S/C17H12ClN5O2/c18-10-4-1-8(2-5-10)13-15(24)14(23-22-13)17-20-11-6-3-9(16(19)25)7-12(11)21-17/h1-7,24H,(H2,19,25)(H,20,21)(H,22,23). The minimum absolute atomic E-state index is 0.0310. The molecule has 0 radical (unpaired) electrons. The smallest absolute Gasteiger partial charge is 0.248 e. The Morgan fingerprint density at radius 3 is 2.64 bits per heavy atom. The second-order valence-corrected chi connectivity index (χ2v) is 5.92. The number of carbonyl (C=O) groups excluding carboxylic acids is 1. The van der Waals surface area contributed by atoms with E-state index in [4.69, 9.17) is 17.3 Å². The van der Waals surface area contributed by atoms with Gasteiger partial charge in [-0.15, -0.1) is 0 Å². The van der Waals surface area contributed by atoms with Gasteiger partial charge in [0.2, 0.25) is 5.91 Å². The van der Waals surface area contributed by atoms with Gasteiger partial charge >= 0.3 is 0 Å². The molecular formula is C17H12ClN5O2. The van der Waals surface area contributed by atoms with Crippen molar-refractivity contribution in [2.24, 2.45) is 5.73 Å². The van der Waals surface area contributed by atoms with Crippen molar-refractivity contribution in [1.29, 1.82) is 0 Å². The molecule has 4 aromatic rings. The molecule has 8 heteroatoms. The summed E-state index contributed by atoms with van der Waals surface area (Å²) in [4.78, 5) is 18.7. The molecule has 2 aromatic carbocycles. The van der Waals surface area contributed by atoms with Gasteiger partial charge in [-0.05, 0) is 30.3 Å². The van der Waals surface area contributed by atoms with Crippen LogP contribution < -0.4 is 5.73 Å². The van der Waals surface area contributed by atoms with Crippen LogP contribution in [0.3, 0.4) is 0 Å². The third kappa shape index (κ3) is 2.60. The van der Waals surface area contributed by atoms with Gasteiger partial charge in [0.15, 0.2) is 11.6 Å². The van der Waals surface area contributed by atoms with E-state index in [1.807, 2.05) is 0 Å². The minimum atomic E-state index is -0.521. The Labute approximate surface area is 146 Å². The van der Waals surface area contributed by atoms with Gasteiger partial charge in [0.05, 0.1) is 11.0 Å². The lowest BCUT2D eigenvalue weighted by atomic mass is 10.1. The van der Waals surface area contributed by atoms with Gasteiger partial charge < -0.3 is 15.8 Å². The zero-order chi connectivity index (χ0) is 17.6. The van der Waals surface area contributed by atoms with Crippen LogP contribution in [0, 0.1) is 0 Å². The highest BCUT2D eigenvalue weighted by atomic mass is 35.5. The number of hydrogen-bond donors (Lipinski definition) is 4. The number of primary amides is 1. The quantitative estimate of drug-likeness (QED) is 0.452. The summed E-state index contributed by atoms with van der Waals surface area (Å²) < 4.78 is 0. The highest BCUT2D eigenvalue weighted by Crippen LogP contribution is 2.35. The van der Waals surface area contributed by atoms with E-state index in [0.717, 1.165) is 5.56 Å². The number of nitrogens with two attached hydrogens (primary N) is 1. The number of amides is 1. The Balaban J connectivity index is 1.78. The van der Waals surface area contributed by atoms with E-state index in [9.17, 15) is 9.90 Å². The van der Waals surface area contributed by atoms with Crippen LogP contribution in [-0.4, -0.2) is 31.2 Å². The maximum atomic E-state index is 11.3. The first kappa shape index (κ1) is 15.2. The van der Waals surface area contributed by atoms with Crippen LogP contribution >= 0.6 is 11.6 Å². The number of nitrogens with zero attached hydrogens (tertiary/aromatic N) is 2. The van der Waals surface area contributed by atoms with Crippen LogP contribution in [0.4, 0.5) is 0 Å². The van der Waals surface area contributed by atoms with E-state index in [1.54, 1.807) is 42.5 Å². The van der Waals surface area contributed by atoms with E-state index in [-0.39, 0.29) is 5.75 Å². The van der Waals surface area contributed by atoms with E-state index >= 15 is 0 Å². The summed E-state index contributed by atoms with van der Waals surface area (Å²) in [6, 6.07) is 11.9. The second-order valence-electron chi connectivity index (χ2n) is 5.48. The van der Waals surface area contributed by atoms with Crippen molar-refractivity contribution in [3.05, 3.63) is 53.1 Å². The Morgan fingerprint density at radius 2 is 1.92 bits per heavy atom. The highest BCUT2D eigenvalue weighted by Gasteiger charge is 2.18. The van der Waals surface area contributed by atoms with Gasteiger partial charge in [0.1, 0.15) is 11.4 Å². The average molecular weight is 354 g/mol. The molecule has 7 nitrogen and oxygen atoms in total. The predicted molar refractivity (Wildman–Crippen MR) is 94.3 cm³/mol. The van der Waals surface area contributed by atoms with Crippen molar-refractivity contribution < 1.29 is 9.90 Å². The summed E-state index contributed by atoms with van der Waals surface area (Å²) in [5, 5.41) is 18.0. The summed E-state index contributed by atoms with van der Waals surface area (Å²) in [7, 11) is 0. The number of halogens is 1. The minimum Gasteiger partial charge on any atom is -0.504 e. The molecule has 1 amide bonds. The molecule has 25 heavy (non-hydrogen) atoms. The van der Waals surface area contributed by atoms with Gasteiger partial charge in [-0.25, -0.2) is 4.98 Å². The fourth-order valence-corrected chi connectivity index (χ4v) is 2.72. The van der Waals surface area contributed by atoms with Crippen molar-refractivity contribution in [3.63, 3.8) is 0 Å². The van der Waals surface area contributed by atoms with Gasteiger partial charge in [-0.1, -0.05) is 23.7 Å². The van der Waals surface area contributed by atoms with Crippen LogP contribution in [0.15, 0.2) is 42.5 Å². The fraction of sp³-hybridized carbons (Fsp3) is 0. The maximum Gasteiger partial charge on any atom is 0.248 e. The molecule has 0 spiro atoms.